The van der Waals surface area contributed by atoms with Crippen molar-refractivity contribution in [2.75, 3.05) is 6.61 Å². The Labute approximate surface area is 107 Å². The van der Waals surface area contributed by atoms with Gasteiger partial charge in [0.15, 0.2) is 0 Å². The van der Waals surface area contributed by atoms with Crippen LogP contribution in [0.1, 0.15) is 24.2 Å². The summed E-state index contributed by atoms with van der Waals surface area (Å²) in [7, 11) is 0. The Morgan fingerprint density at radius 1 is 1.33 bits per heavy atom. The van der Waals surface area contributed by atoms with Crippen LogP contribution in [0.4, 0.5) is 0 Å². The third-order valence-electron chi connectivity index (χ3n) is 2.92. The van der Waals surface area contributed by atoms with E-state index in [1.165, 1.54) is 0 Å². The molecule has 0 aliphatic carbocycles. The highest BCUT2D eigenvalue weighted by atomic mass is 16.5. The number of hydrogen-bond acceptors (Lipinski definition) is 3. The van der Waals surface area contributed by atoms with Crippen LogP contribution in [0.2, 0.25) is 0 Å². The van der Waals surface area contributed by atoms with Crippen molar-refractivity contribution >= 4 is 11.0 Å². The second-order valence-corrected chi connectivity index (χ2v) is 4.19. The van der Waals surface area contributed by atoms with Gasteiger partial charge in [-0.3, -0.25) is 0 Å². The van der Waals surface area contributed by atoms with Gasteiger partial charge in [-0.25, -0.2) is 0 Å². The van der Waals surface area contributed by atoms with E-state index in [9.17, 15) is 0 Å². The maximum Gasteiger partial charge on any atom is 0.135 e. The molecule has 18 heavy (non-hydrogen) atoms. The third kappa shape index (κ3) is 2.81. The molecule has 1 aromatic heterocycles. The van der Waals surface area contributed by atoms with E-state index < -0.39 is 0 Å². The van der Waals surface area contributed by atoms with Crippen molar-refractivity contribution in [1.82, 2.24) is 0 Å². The summed E-state index contributed by atoms with van der Waals surface area (Å²) in [6, 6.07) is 7.94. The van der Waals surface area contributed by atoms with Crippen molar-refractivity contribution < 1.29 is 9.15 Å². The van der Waals surface area contributed by atoms with Crippen LogP contribution < -0.4 is 5.73 Å². The molecule has 0 unspecified atom stereocenters. The lowest BCUT2D eigenvalue weighted by atomic mass is 10.1. The number of furan rings is 1. The Hall–Kier alpha value is -1.58. The molecule has 2 aromatic rings. The van der Waals surface area contributed by atoms with Crippen molar-refractivity contribution in [2.45, 2.75) is 26.0 Å². The average molecular weight is 245 g/mol. The highest BCUT2D eigenvalue weighted by molar-refractivity contribution is 5.82. The standard InChI is InChI=1S/C15H19NO2/c1-2-3-6-9-17-11-15-13(10-16)12-7-4-5-8-14(12)18-15/h2,4-5,7-8H,1,3,6,9-11,16H2. The smallest absolute Gasteiger partial charge is 0.135 e. The average Bonchev–Trinajstić information content (AvgIpc) is 2.76. The number of nitrogens with two attached hydrogens (primary N) is 1. The Balaban J connectivity index is 2.05. The molecular formula is C15H19NO2. The Kier molecular flexibility index (Phi) is 4.56. The van der Waals surface area contributed by atoms with Gasteiger partial charge in [-0.15, -0.1) is 6.58 Å². The summed E-state index contributed by atoms with van der Waals surface area (Å²) < 4.78 is 11.4. The van der Waals surface area contributed by atoms with Crippen molar-refractivity contribution in [3.8, 4) is 0 Å². The van der Waals surface area contributed by atoms with E-state index in [0.717, 1.165) is 35.1 Å². The molecule has 3 heteroatoms. The highest BCUT2D eigenvalue weighted by Crippen LogP contribution is 2.25. The van der Waals surface area contributed by atoms with Gasteiger partial charge in [-0.1, -0.05) is 24.3 Å². The van der Waals surface area contributed by atoms with E-state index in [4.69, 9.17) is 14.9 Å². The first-order valence-corrected chi connectivity index (χ1v) is 6.24. The lowest BCUT2D eigenvalue weighted by Gasteiger charge is -2.02. The molecule has 96 valence electrons. The van der Waals surface area contributed by atoms with Gasteiger partial charge in [0.2, 0.25) is 0 Å². The van der Waals surface area contributed by atoms with Crippen LogP contribution in [0.3, 0.4) is 0 Å². The number of unbranched alkanes of at least 4 members (excludes halogenated alkanes) is 1. The minimum Gasteiger partial charge on any atom is -0.458 e. The molecule has 0 saturated carbocycles. The molecule has 3 nitrogen and oxygen atoms in total. The molecule has 0 fully saturated rings. The molecule has 2 rings (SSSR count). The molecule has 0 saturated heterocycles. The fourth-order valence-corrected chi connectivity index (χ4v) is 1.98. The summed E-state index contributed by atoms with van der Waals surface area (Å²) in [6.07, 6.45) is 3.86. The number of para-hydroxylation sites is 1. The lowest BCUT2D eigenvalue weighted by Crippen LogP contribution is -2.01. The molecule has 0 spiro atoms. The van der Waals surface area contributed by atoms with E-state index in [0.29, 0.717) is 19.8 Å². The first-order valence-electron chi connectivity index (χ1n) is 6.24. The molecule has 0 aliphatic heterocycles. The van der Waals surface area contributed by atoms with E-state index in [2.05, 4.69) is 6.58 Å². The van der Waals surface area contributed by atoms with Crippen molar-refractivity contribution in [3.05, 3.63) is 48.2 Å². The van der Waals surface area contributed by atoms with E-state index in [-0.39, 0.29) is 0 Å². The van der Waals surface area contributed by atoms with Crippen LogP contribution >= 0.6 is 0 Å². The zero-order valence-corrected chi connectivity index (χ0v) is 10.5. The van der Waals surface area contributed by atoms with Gasteiger partial charge in [-0.2, -0.15) is 0 Å². The fraction of sp³-hybridized carbons (Fsp3) is 0.333. The SMILES string of the molecule is C=CCCCOCc1oc2ccccc2c1CN. The summed E-state index contributed by atoms with van der Waals surface area (Å²) in [5, 5.41) is 1.09. The Bertz CT molecular complexity index is 516. The number of benzene rings is 1. The highest BCUT2D eigenvalue weighted by Gasteiger charge is 2.12. The number of fused-ring (bicyclic) bond motifs is 1. The molecular weight excluding hydrogens is 226 g/mol. The van der Waals surface area contributed by atoms with Gasteiger partial charge >= 0.3 is 0 Å². The van der Waals surface area contributed by atoms with Crippen molar-refractivity contribution in [2.24, 2.45) is 5.73 Å². The van der Waals surface area contributed by atoms with Crippen molar-refractivity contribution in [1.29, 1.82) is 0 Å². The van der Waals surface area contributed by atoms with Gasteiger partial charge < -0.3 is 14.9 Å². The van der Waals surface area contributed by atoms with Crippen LogP contribution in [0, 0.1) is 0 Å². The topological polar surface area (TPSA) is 48.4 Å². The fourth-order valence-electron chi connectivity index (χ4n) is 1.98. The zero-order chi connectivity index (χ0) is 12.8. The number of allylic oxidation sites excluding steroid dienone is 1. The van der Waals surface area contributed by atoms with Gasteiger partial charge in [0.25, 0.3) is 0 Å². The van der Waals surface area contributed by atoms with Crippen molar-refractivity contribution in [3.63, 3.8) is 0 Å². The zero-order valence-electron chi connectivity index (χ0n) is 10.5. The molecule has 0 atom stereocenters. The van der Waals surface area contributed by atoms with Crippen LogP contribution in [-0.4, -0.2) is 6.61 Å². The van der Waals surface area contributed by atoms with Crippen LogP contribution in [0.25, 0.3) is 11.0 Å². The van der Waals surface area contributed by atoms with E-state index in [1.807, 2.05) is 30.3 Å². The third-order valence-corrected chi connectivity index (χ3v) is 2.92. The van der Waals surface area contributed by atoms with Crippen LogP contribution in [-0.2, 0) is 17.9 Å². The van der Waals surface area contributed by atoms with Gasteiger partial charge in [-0.05, 0) is 18.9 Å². The second kappa shape index (κ2) is 6.38. The number of rotatable bonds is 7. The lowest BCUT2D eigenvalue weighted by molar-refractivity contribution is 0.105. The summed E-state index contributed by atoms with van der Waals surface area (Å²) in [6.45, 7) is 5.36. The summed E-state index contributed by atoms with van der Waals surface area (Å²) in [5.41, 5.74) is 7.71. The van der Waals surface area contributed by atoms with Gasteiger partial charge in [0, 0.05) is 24.1 Å². The molecule has 1 heterocycles. The predicted molar refractivity (Wildman–Crippen MR) is 73.2 cm³/mol. The first kappa shape index (κ1) is 12.9. The maximum absolute atomic E-state index is 5.78. The minimum atomic E-state index is 0.475. The number of hydrogen-bond donors (Lipinski definition) is 1. The van der Waals surface area contributed by atoms with Gasteiger partial charge in [0.1, 0.15) is 18.0 Å². The van der Waals surface area contributed by atoms with Crippen LogP contribution in [0.15, 0.2) is 41.3 Å². The largest absolute Gasteiger partial charge is 0.458 e. The molecule has 0 radical (unpaired) electrons. The van der Waals surface area contributed by atoms with E-state index >= 15 is 0 Å². The van der Waals surface area contributed by atoms with Crippen LogP contribution in [0.5, 0.6) is 0 Å². The maximum atomic E-state index is 5.78. The molecule has 2 N–H and O–H groups in total. The number of ether oxygens (including phenoxy) is 1. The summed E-state index contributed by atoms with van der Waals surface area (Å²) in [5.74, 6) is 0.845. The first-order chi connectivity index (χ1) is 8.86. The monoisotopic (exact) mass is 245 g/mol. The second-order valence-electron chi connectivity index (χ2n) is 4.19. The quantitative estimate of drug-likeness (QED) is 0.601. The van der Waals surface area contributed by atoms with E-state index in [1.54, 1.807) is 0 Å². The molecule has 0 amide bonds. The predicted octanol–water partition coefficient (Wildman–Crippen LogP) is 3.37. The molecule has 1 aromatic carbocycles. The summed E-state index contributed by atoms with van der Waals surface area (Å²) in [4.78, 5) is 0. The minimum absolute atomic E-state index is 0.475. The molecule has 0 aliphatic rings. The normalized spacial score (nSPS) is 10.9. The molecule has 0 bridgehead atoms. The summed E-state index contributed by atoms with van der Waals surface area (Å²) >= 11 is 0. The Morgan fingerprint density at radius 2 is 2.17 bits per heavy atom. The Morgan fingerprint density at radius 3 is 2.94 bits per heavy atom. The van der Waals surface area contributed by atoms with Gasteiger partial charge in [0.05, 0.1) is 0 Å².